The summed E-state index contributed by atoms with van der Waals surface area (Å²) < 4.78 is 2.81. The van der Waals surface area contributed by atoms with Crippen molar-refractivity contribution in [2.45, 2.75) is 38.8 Å². The van der Waals surface area contributed by atoms with Crippen LogP contribution in [0.3, 0.4) is 0 Å². The minimum Gasteiger partial charge on any atom is -0.459 e. The number of thioether (sulfide) groups is 1. The van der Waals surface area contributed by atoms with Gasteiger partial charge in [0.1, 0.15) is 18.0 Å². The number of carbonyl (C=O) groups is 4. The number of fused-ring (bicyclic) bond motifs is 3. The molecule has 4 rings (SSSR count). The number of ether oxygens (including phenoxy) is 1. The van der Waals surface area contributed by atoms with Crippen molar-refractivity contribution in [3.63, 3.8) is 0 Å². The van der Waals surface area contributed by atoms with E-state index in [1.165, 1.54) is 16.7 Å². The van der Waals surface area contributed by atoms with E-state index in [1.54, 1.807) is 30.3 Å². The van der Waals surface area contributed by atoms with Crippen LogP contribution >= 0.6 is 46.6 Å². The molecule has 14 heteroatoms. The number of rotatable bonds is 6. The van der Waals surface area contributed by atoms with E-state index in [4.69, 9.17) is 45.3 Å². The summed E-state index contributed by atoms with van der Waals surface area (Å²) in [4.78, 5) is 51.2. The van der Waals surface area contributed by atoms with Crippen molar-refractivity contribution in [2.24, 2.45) is 10.8 Å². The Morgan fingerprint density at radius 1 is 1.30 bits per heavy atom. The lowest BCUT2D eigenvalue weighted by Crippen LogP contribution is -2.72. The average Bonchev–Trinajstić information content (AvgIpc) is 3.27. The van der Waals surface area contributed by atoms with Crippen molar-refractivity contribution in [1.29, 1.82) is 0 Å². The third-order valence-electron chi connectivity index (χ3n) is 5.71. The number of nitrogens with two attached hydrogens (primary N) is 1. The summed E-state index contributed by atoms with van der Waals surface area (Å²) in [7, 11) is 0. The molecule has 10 nitrogen and oxygen atoms in total. The second-order valence-corrected chi connectivity index (χ2v) is 12.1. The summed E-state index contributed by atoms with van der Waals surface area (Å²) in [5.41, 5.74) is 6.20. The summed E-state index contributed by atoms with van der Waals surface area (Å²) in [6.07, 6.45) is 0.394. The number of esters is 1. The van der Waals surface area contributed by atoms with Gasteiger partial charge in [0.15, 0.2) is 11.3 Å². The Hall–Kier alpha value is -2.21. The number of β-lactam (4-membered cyclic amide) rings is 1. The average molecular weight is 535 g/mol. The largest absolute Gasteiger partial charge is 0.459 e. The van der Waals surface area contributed by atoms with Gasteiger partial charge in [-0.2, -0.15) is 5.10 Å². The summed E-state index contributed by atoms with van der Waals surface area (Å²) >= 11 is 18.4. The van der Waals surface area contributed by atoms with E-state index in [-0.39, 0.29) is 5.71 Å². The highest BCUT2D eigenvalue weighted by Gasteiger charge is 2.85. The number of urea groups is 1. The number of carbonyl (C=O) groups excluding carboxylic acids is 4. The van der Waals surface area contributed by atoms with E-state index in [1.807, 2.05) is 12.3 Å². The highest BCUT2D eigenvalue weighted by Crippen LogP contribution is 2.72. The Morgan fingerprint density at radius 3 is 2.58 bits per heavy atom. The van der Waals surface area contributed by atoms with Gasteiger partial charge in [-0.3, -0.25) is 9.59 Å². The summed E-state index contributed by atoms with van der Waals surface area (Å²) in [6, 6.07) is 6.51. The molecule has 4 amide bonds. The van der Waals surface area contributed by atoms with Gasteiger partial charge in [0.25, 0.3) is 5.91 Å². The predicted molar refractivity (Wildman–Crippen MR) is 123 cm³/mol. The number of hydrogen-bond donors (Lipinski definition) is 3. The molecule has 1 aromatic rings. The van der Waals surface area contributed by atoms with Crippen molar-refractivity contribution >= 4 is 76.1 Å². The number of benzene rings is 1. The number of primary amides is 1. The fraction of sp³-hybridized carbons (Fsp3) is 0.421. The van der Waals surface area contributed by atoms with Crippen LogP contribution in [0, 0.1) is 0 Å². The predicted octanol–water partition coefficient (Wildman–Crippen LogP) is 1.27. The summed E-state index contributed by atoms with van der Waals surface area (Å²) in [5.74, 6) is -1.78. The Balaban J connectivity index is 1.49. The number of nitrogens with zero attached hydrogens (tertiary/aromatic N) is 2. The quantitative estimate of drug-likeness (QED) is 0.165. The first-order valence-electron chi connectivity index (χ1n) is 9.64. The fourth-order valence-electron chi connectivity index (χ4n) is 4.13. The van der Waals surface area contributed by atoms with Crippen molar-refractivity contribution in [3.8, 4) is 0 Å². The molecule has 4 atom stereocenters. The molecule has 2 heterocycles. The van der Waals surface area contributed by atoms with Gasteiger partial charge in [0.05, 0.1) is 4.75 Å². The fourth-order valence-corrected chi connectivity index (χ4v) is 6.20. The first kappa shape index (κ1) is 23.9. The number of hydrazone groups is 1. The Labute approximate surface area is 207 Å². The number of halogens is 3. The van der Waals surface area contributed by atoms with Gasteiger partial charge in [-0.15, -0.1) is 11.8 Å². The first-order chi connectivity index (χ1) is 15.4. The normalized spacial score (nSPS) is 30.0. The van der Waals surface area contributed by atoms with Gasteiger partial charge in [-0.05, 0) is 6.92 Å². The topological polar surface area (TPSA) is 143 Å². The molecular formula is C19H18Cl3N5O5S. The molecule has 0 radical (unpaired) electrons. The SMILES string of the molecule is CC12CC1(C(=O)OCC(Cl)(Cl)Cl)N1C(=O)C(NC(=O)/C(=N\NC(N)=O)c3ccccc3)[C@H]1S2. The van der Waals surface area contributed by atoms with Crippen LogP contribution in [-0.2, 0) is 19.1 Å². The lowest BCUT2D eigenvalue weighted by atomic mass is 10.00. The van der Waals surface area contributed by atoms with Crippen LogP contribution < -0.4 is 16.5 Å². The number of alkyl halides is 3. The monoisotopic (exact) mass is 533 g/mol. The second kappa shape index (κ2) is 8.23. The summed E-state index contributed by atoms with van der Waals surface area (Å²) in [5, 5.41) is 5.94. The van der Waals surface area contributed by atoms with Crippen molar-refractivity contribution in [2.75, 3.05) is 6.61 Å². The van der Waals surface area contributed by atoms with E-state index in [2.05, 4.69) is 10.4 Å². The maximum absolute atomic E-state index is 13.0. The van der Waals surface area contributed by atoms with E-state index < -0.39 is 55.9 Å². The van der Waals surface area contributed by atoms with Crippen molar-refractivity contribution < 1.29 is 23.9 Å². The third-order valence-corrected chi connectivity index (χ3v) is 7.76. The van der Waals surface area contributed by atoms with Crippen LogP contribution in [0.25, 0.3) is 0 Å². The highest BCUT2D eigenvalue weighted by atomic mass is 35.6. The highest BCUT2D eigenvalue weighted by molar-refractivity contribution is 8.02. The van der Waals surface area contributed by atoms with Crippen molar-refractivity contribution in [3.05, 3.63) is 35.9 Å². The van der Waals surface area contributed by atoms with Crippen molar-refractivity contribution in [1.82, 2.24) is 15.6 Å². The van der Waals surface area contributed by atoms with Crippen LogP contribution in [0.2, 0.25) is 0 Å². The molecule has 0 spiro atoms. The van der Waals surface area contributed by atoms with Gasteiger partial charge in [-0.1, -0.05) is 65.1 Å². The van der Waals surface area contributed by atoms with Crippen LogP contribution in [0.4, 0.5) is 4.79 Å². The smallest absolute Gasteiger partial charge is 0.333 e. The lowest BCUT2D eigenvalue weighted by molar-refractivity contribution is -0.166. The molecule has 3 unspecified atom stereocenters. The van der Waals surface area contributed by atoms with E-state index in [0.717, 1.165) is 0 Å². The van der Waals surface area contributed by atoms with Gasteiger partial charge >= 0.3 is 12.0 Å². The summed E-state index contributed by atoms with van der Waals surface area (Å²) in [6.45, 7) is 1.39. The molecular weight excluding hydrogens is 517 g/mol. The van der Waals surface area contributed by atoms with Crippen LogP contribution in [0.1, 0.15) is 18.9 Å². The van der Waals surface area contributed by atoms with E-state index in [9.17, 15) is 19.2 Å². The molecule has 3 fully saturated rings. The van der Waals surface area contributed by atoms with Gasteiger partial charge in [0.2, 0.25) is 9.70 Å². The number of nitrogens with one attached hydrogen (secondary N) is 2. The minimum absolute atomic E-state index is 0.128. The molecule has 1 aromatic carbocycles. The lowest BCUT2D eigenvalue weighted by Gasteiger charge is -2.46. The van der Waals surface area contributed by atoms with Gasteiger partial charge in [0, 0.05) is 12.0 Å². The Morgan fingerprint density at radius 2 is 1.97 bits per heavy atom. The Kier molecular flexibility index (Phi) is 5.97. The zero-order valence-electron chi connectivity index (χ0n) is 17.0. The van der Waals surface area contributed by atoms with E-state index >= 15 is 0 Å². The number of amides is 4. The first-order valence-corrected chi connectivity index (χ1v) is 11.7. The molecule has 4 N–H and O–H groups in total. The van der Waals surface area contributed by atoms with Gasteiger partial charge < -0.3 is 20.7 Å². The standard InChI is InChI=1S/C19H18Cl3N5O5S/c1-17-7-18(17,15(30)32-8-19(20,21)22)27-13(29)11(14(27)33-17)24-12(28)10(25-26-16(23)31)9-5-3-2-4-6-9/h2-6,11,14H,7-8H2,1H3,(H,24,28)(H3,23,26,31)/b25-10-/t11?,14-,17?,18?/m1/s1. The third kappa shape index (κ3) is 4.11. The maximum Gasteiger partial charge on any atom is 0.333 e. The zero-order valence-corrected chi connectivity index (χ0v) is 20.1. The van der Waals surface area contributed by atoms with Crippen LogP contribution in [0.15, 0.2) is 35.4 Å². The molecule has 2 aliphatic heterocycles. The molecule has 2 saturated heterocycles. The van der Waals surface area contributed by atoms with Crippen LogP contribution in [0.5, 0.6) is 0 Å². The molecule has 1 saturated carbocycles. The minimum atomic E-state index is -1.77. The molecule has 0 bridgehead atoms. The van der Waals surface area contributed by atoms with Gasteiger partial charge in [-0.25, -0.2) is 15.0 Å². The molecule has 1 aliphatic carbocycles. The molecule has 0 aromatic heterocycles. The zero-order chi connectivity index (χ0) is 24.2. The number of hydrogen-bond acceptors (Lipinski definition) is 7. The second-order valence-electron chi connectivity index (χ2n) is 7.93. The maximum atomic E-state index is 13.0. The Bertz CT molecular complexity index is 1070. The molecule has 3 aliphatic rings. The molecule has 33 heavy (non-hydrogen) atoms. The molecule has 176 valence electrons. The van der Waals surface area contributed by atoms with Crippen LogP contribution in [-0.4, -0.2) is 66.5 Å². The van der Waals surface area contributed by atoms with E-state index in [0.29, 0.717) is 12.0 Å².